The van der Waals surface area contributed by atoms with E-state index >= 15 is 0 Å². The molecule has 1 fully saturated rings. The maximum absolute atomic E-state index is 11.3. The first kappa shape index (κ1) is 27.2. The molecule has 0 radical (unpaired) electrons. The number of rotatable bonds is 12. The standard InChI is InChI=1S/C31H35NO6/c1-35-26-11-5-23(6-12-26)31(24-7-13-27(36-2)14-8-24,25-9-15-28(37-3)16-10-25)38-22-20-30(18-4-21-32-30)19-17-29(33)34/h5-17,19,32H,4,18,20-22H2,1-3H3,(H,33,34)/b19-17-/t30-/m1/s1. The molecular weight excluding hydrogens is 482 g/mol. The number of ether oxygens (including phenoxy) is 4. The first-order valence-corrected chi connectivity index (χ1v) is 12.7. The number of methoxy groups -OCH3 is 3. The lowest BCUT2D eigenvalue weighted by Gasteiger charge is -2.37. The second-order valence-electron chi connectivity index (χ2n) is 9.32. The summed E-state index contributed by atoms with van der Waals surface area (Å²) in [4.78, 5) is 11.3. The maximum atomic E-state index is 11.3. The number of carbonyl (C=O) groups is 1. The SMILES string of the molecule is COc1ccc(C(OCC[C@]2(/C=C\C(=O)O)CCCN2)(c2ccc(OC)cc2)c2ccc(OC)cc2)cc1. The number of aliphatic carboxylic acids is 1. The van der Waals surface area contributed by atoms with Crippen LogP contribution in [0, 0.1) is 0 Å². The van der Waals surface area contributed by atoms with Gasteiger partial charge in [0.05, 0.1) is 27.9 Å². The lowest BCUT2D eigenvalue weighted by atomic mass is 9.79. The predicted molar refractivity (Wildman–Crippen MR) is 146 cm³/mol. The van der Waals surface area contributed by atoms with Crippen LogP contribution < -0.4 is 19.5 Å². The van der Waals surface area contributed by atoms with Gasteiger partial charge in [0, 0.05) is 11.6 Å². The third kappa shape index (κ3) is 5.85. The van der Waals surface area contributed by atoms with Crippen LogP contribution in [0.25, 0.3) is 0 Å². The van der Waals surface area contributed by atoms with Crippen LogP contribution >= 0.6 is 0 Å². The molecule has 4 rings (SSSR count). The molecule has 7 heteroatoms. The minimum absolute atomic E-state index is 0.376. The summed E-state index contributed by atoms with van der Waals surface area (Å²) >= 11 is 0. The summed E-state index contributed by atoms with van der Waals surface area (Å²) in [5.41, 5.74) is 1.42. The van der Waals surface area contributed by atoms with Crippen molar-refractivity contribution in [3.8, 4) is 17.2 Å². The van der Waals surface area contributed by atoms with Crippen LogP contribution in [0.5, 0.6) is 17.2 Å². The van der Waals surface area contributed by atoms with Gasteiger partial charge in [0.25, 0.3) is 0 Å². The van der Waals surface area contributed by atoms with E-state index in [2.05, 4.69) is 5.32 Å². The molecule has 1 atom stereocenters. The maximum Gasteiger partial charge on any atom is 0.328 e. The third-order valence-corrected chi connectivity index (χ3v) is 7.18. The molecule has 0 spiro atoms. The molecule has 0 amide bonds. The van der Waals surface area contributed by atoms with Gasteiger partial charge in [-0.2, -0.15) is 0 Å². The van der Waals surface area contributed by atoms with Crippen LogP contribution in [0.3, 0.4) is 0 Å². The summed E-state index contributed by atoms with van der Waals surface area (Å²) in [6.07, 6.45) is 5.43. The van der Waals surface area contributed by atoms with Crippen LogP contribution in [0.4, 0.5) is 0 Å². The first-order valence-electron chi connectivity index (χ1n) is 12.7. The van der Waals surface area contributed by atoms with Gasteiger partial charge in [-0.15, -0.1) is 0 Å². The Bertz CT molecular complexity index is 1100. The van der Waals surface area contributed by atoms with Crippen LogP contribution in [-0.4, -0.2) is 51.1 Å². The number of carboxylic acid groups (broad SMARTS) is 1. The van der Waals surface area contributed by atoms with E-state index in [0.29, 0.717) is 13.0 Å². The molecule has 0 unspecified atom stereocenters. The molecule has 1 aliphatic rings. The monoisotopic (exact) mass is 517 g/mol. The van der Waals surface area contributed by atoms with Crippen molar-refractivity contribution < 1.29 is 28.8 Å². The topological polar surface area (TPSA) is 86.3 Å². The van der Waals surface area contributed by atoms with E-state index < -0.39 is 17.1 Å². The highest BCUT2D eigenvalue weighted by Gasteiger charge is 2.39. The zero-order valence-electron chi connectivity index (χ0n) is 22.1. The molecule has 2 N–H and O–H groups in total. The van der Waals surface area contributed by atoms with E-state index in [1.165, 1.54) is 6.08 Å². The van der Waals surface area contributed by atoms with Gasteiger partial charge in [-0.05, 0) is 78.9 Å². The second-order valence-corrected chi connectivity index (χ2v) is 9.32. The molecule has 1 saturated heterocycles. The molecule has 200 valence electrons. The molecule has 1 aliphatic heterocycles. The van der Waals surface area contributed by atoms with E-state index in [0.717, 1.165) is 53.3 Å². The lowest BCUT2D eigenvalue weighted by molar-refractivity contribution is -0.131. The first-order chi connectivity index (χ1) is 18.4. The molecule has 0 aliphatic carbocycles. The van der Waals surface area contributed by atoms with E-state index in [4.69, 9.17) is 18.9 Å². The number of carboxylic acids is 1. The zero-order valence-corrected chi connectivity index (χ0v) is 22.1. The largest absolute Gasteiger partial charge is 0.497 e. The summed E-state index contributed by atoms with van der Waals surface area (Å²) in [7, 11) is 4.93. The van der Waals surface area contributed by atoms with E-state index in [1.807, 2.05) is 72.8 Å². The molecule has 0 saturated carbocycles. The van der Waals surface area contributed by atoms with Crippen LogP contribution in [0.2, 0.25) is 0 Å². The molecule has 0 bridgehead atoms. The van der Waals surface area contributed by atoms with E-state index in [1.54, 1.807) is 27.4 Å². The summed E-state index contributed by atoms with van der Waals surface area (Å²) in [6.45, 7) is 1.21. The third-order valence-electron chi connectivity index (χ3n) is 7.18. The molecule has 1 heterocycles. The second kappa shape index (κ2) is 12.2. The summed E-state index contributed by atoms with van der Waals surface area (Å²) in [5, 5.41) is 12.7. The predicted octanol–water partition coefficient (Wildman–Crippen LogP) is 5.17. The Labute approximate surface area is 224 Å². The Morgan fingerprint density at radius 2 is 1.29 bits per heavy atom. The Hall–Kier alpha value is -3.81. The Morgan fingerprint density at radius 3 is 1.63 bits per heavy atom. The van der Waals surface area contributed by atoms with Gasteiger partial charge >= 0.3 is 5.97 Å². The lowest BCUT2D eigenvalue weighted by Crippen LogP contribution is -2.41. The fourth-order valence-corrected chi connectivity index (χ4v) is 5.11. The van der Waals surface area contributed by atoms with Gasteiger partial charge in [-0.3, -0.25) is 0 Å². The number of hydrogen-bond donors (Lipinski definition) is 2. The van der Waals surface area contributed by atoms with Crippen LogP contribution in [-0.2, 0) is 15.1 Å². The number of hydrogen-bond acceptors (Lipinski definition) is 6. The van der Waals surface area contributed by atoms with Crippen molar-refractivity contribution in [1.29, 1.82) is 0 Å². The van der Waals surface area contributed by atoms with Gasteiger partial charge in [0.15, 0.2) is 0 Å². The van der Waals surface area contributed by atoms with Crippen molar-refractivity contribution in [2.24, 2.45) is 0 Å². The summed E-state index contributed by atoms with van der Waals surface area (Å²) in [6, 6.07) is 23.7. The minimum atomic E-state index is -0.957. The van der Waals surface area contributed by atoms with E-state index in [-0.39, 0.29) is 0 Å². The van der Waals surface area contributed by atoms with Crippen molar-refractivity contribution in [3.63, 3.8) is 0 Å². The van der Waals surface area contributed by atoms with Gasteiger partial charge < -0.3 is 29.4 Å². The Balaban J connectivity index is 1.80. The van der Waals surface area contributed by atoms with Crippen LogP contribution in [0.15, 0.2) is 84.9 Å². The molecule has 7 nitrogen and oxygen atoms in total. The average molecular weight is 518 g/mol. The molecule has 3 aromatic carbocycles. The van der Waals surface area contributed by atoms with Crippen molar-refractivity contribution in [2.75, 3.05) is 34.5 Å². The van der Waals surface area contributed by atoms with Gasteiger partial charge in [-0.25, -0.2) is 4.79 Å². The highest BCUT2D eigenvalue weighted by Crippen LogP contribution is 2.43. The average Bonchev–Trinajstić information content (AvgIpc) is 3.44. The molecule has 0 aromatic heterocycles. The number of nitrogens with one attached hydrogen (secondary N) is 1. The van der Waals surface area contributed by atoms with E-state index in [9.17, 15) is 9.90 Å². The normalized spacial score (nSPS) is 17.4. The minimum Gasteiger partial charge on any atom is -0.497 e. The molecule has 3 aromatic rings. The molecule has 38 heavy (non-hydrogen) atoms. The Kier molecular flexibility index (Phi) is 8.71. The quantitative estimate of drug-likeness (QED) is 0.253. The highest BCUT2D eigenvalue weighted by molar-refractivity contribution is 5.80. The fraction of sp³-hybridized carbons (Fsp3) is 0.323. The van der Waals surface area contributed by atoms with Crippen molar-refractivity contribution in [2.45, 2.75) is 30.4 Å². The summed E-state index contributed by atoms with van der Waals surface area (Å²) < 4.78 is 23.2. The van der Waals surface area contributed by atoms with Gasteiger partial charge in [-0.1, -0.05) is 42.5 Å². The fourth-order valence-electron chi connectivity index (χ4n) is 5.11. The zero-order chi connectivity index (χ0) is 27.0. The smallest absolute Gasteiger partial charge is 0.328 e. The van der Waals surface area contributed by atoms with Crippen molar-refractivity contribution in [3.05, 3.63) is 102 Å². The van der Waals surface area contributed by atoms with Crippen molar-refractivity contribution in [1.82, 2.24) is 5.32 Å². The van der Waals surface area contributed by atoms with Crippen LogP contribution in [0.1, 0.15) is 36.0 Å². The number of benzene rings is 3. The van der Waals surface area contributed by atoms with Gasteiger partial charge in [0.2, 0.25) is 0 Å². The van der Waals surface area contributed by atoms with Gasteiger partial charge in [0.1, 0.15) is 22.8 Å². The summed E-state index contributed by atoms with van der Waals surface area (Å²) in [5.74, 6) is 1.29. The highest BCUT2D eigenvalue weighted by atomic mass is 16.5. The van der Waals surface area contributed by atoms with Crippen molar-refractivity contribution >= 4 is 5.97 Å². The molecular formula is C31H35NO6. The Morgan fingerprint density at radius 1 is 0.842 bits per heavy atom.